The van der Waals surface area contributed by atoms with E-state index in [1.807, 2.05) is 20.8 Å². The molecule has 0 atom stereocenters. The summed E-state index contributed by atoms with van der Waals surface area (Å²) in [6.45, 7) is 5.64. The quantitative estimate of drug-likeness (QED) is 0.682. The number of rotatable bonds is 1. The highest BCUT2D eigenvalue weighted by atomic mass is 16.3. The maximum absolute atomic E-state index is 12.2. The van der Waals surface area contributed by atoms with Crippen LogP contribution in [0.25, 0.3) is 10.9 Å². The molecule has 20 heavy (non-hydrogen) atoms. The first-order valence-electron chi connectivity index (χ1n) is 6.04. The van der Waals surface area contributed by atoms with Crippen LogP contribution in [0, 0.1) is 0 Å². The average molecular weight is 276 g/mol. The molecule has 0 saturated heterocycles. The molecule has 6 heteroatoms. The van der Waals surface area contributed by atoms with Gasteiger partial charge in [-0.25, -0.2) is 0 Å². The van der Waals surface area contributed by atoms with Gasteiger partial charge >= 0.3 is 0 Å². The Morgan fingerprint density at radius 1 is 1.20 bits per heavy atom. The predicted octanol–water partition coefficient (Wildman–Crippen LogP) is 1.27. The van der Waals surface area contributed by atoms with Gasteiger partial charge < -0.3 is 20.5 Å². The first kappa shape index (κ1) is 13.9. The van der Waals surface area contributed by atoms with Gasteiger partial charge in [0.2, 0.25) is 5.43 Å². The van der Waals surface area contributed by atoms with E-state index in [4.69, 9.17) is 5.73 Å². The number of aromatic hydroxyl groups is 2. The summed E-state index contributed by atoms with van der Waals surface area (Å²) in [6.07, 6.45) is 1.38. The van der Waals surface area contributed by atoms with Crippen LogP contribution in [0.2, 0.25) is 0 Å². The van der Waals surface area contributed by atoms with Gasteiger partial charge in [0, 0.05) is 17.8 Å². The Labute approximate surface area is 115 Å². The predicted molar refractivity (Wildman–Crippen MR) is 75.1 cm³/mol. The van der Waals surface area contributed by atoms with Crippen LogP contribution in [0.1, 0.15) is 31.1 Å². The zero-order valence-electron chi connectivity index (χ0n) is 11.5. The first-order valence-corrected chi connectivity index (χ1v) is 6.04. The number of carbonyl (C=O) groups excluding carboxylic acids is 1. The lowest BCUT2D eigenvalue weighted by molar-refractivity contribution is 0.0998. The van der Waals surface area contributed by atoms with Gasteiger partial charge in [-0.1, -0.05) is 0 Å². The van der Waals surface area contributed by atoms with Gasteiger partial charge in [0.15, 0.2) is 11.5 Å². The van der Waals surface area contributed by atoms with Crippen LogP contribution in [0.5, 0.6) is 11.5 Å². The number of pyridine rings is 1. The summed E-state index contributed by atoms with van der Waals surface area (Å²) >= 11 is 0. The third-order valence-corrected chi connectivity index (χ3v) is 3.09. The fourth-order valence-corrected chi connectivity index (χ4v) is 2.08. The highest BCUT2D eigenvalue weighted by Gasteiger charge is 2.21. The van der Waals surface area contributed by atoms with Crippen molar-refractivity contribution in [3.63, 3.8) is 0 Å². The van der Waals surface area contributed by atoms with Crippen molar-refractivity contribution < 1.29 is 15.0 Å². The van der Waals surface area contributed by atoms with Gasteiger partial charge in [0.1, 0.15) is 5.56 Å². The lowest BCUT2D eigenvalue weighted by Gasteiger charge is -2.26. The van der Waals surface area contributed by atoms with E-state index in [9.17, 15) is 19.8 Å². The molecule has 0 saturated carbocycles. The minimum atomic E-state index is -0.831. The van der Waals surface area contributed by atoms with Crippen molar-refractivity contribution in [3.8, 4) is 11.5 Å². The summed E-state index contributed by atoms with van der Waals surface area (Å²) in [5.74, 6) is -1.58. The van der Waals surface area contributed by atoms with Gasteiger partial charge in [-0.15, -0.1) is 0 Å². The van der Waals surface area contributed by atoms with E-state index in [0.717, 1.165) is 6.07 Å². The smallest absolute Gasteiger partial charge is 0.254 e. The number of hydrogen-bond donors (Lipinski definition) is 3. The van der Waals surface area contributed by atoms with E-state index < -0.39 is 22.6 Å². The molecule has 1 aromatic heterocycles. The molecule has 1 amide bonds. The van der Waals surface area contributed by atoms with Crippen molar-refractivity contribution in [1.29, 1.82) is 0 Å². The van der Waals surface area contributed by atoms with E-state index in [1.165, 1.54) is 12.3 Å². The fraction of sp³-hybridized carbons (Fsp3) is 0.286. The zero-order chi connectivity index (χ0) is 15.2. The molecule has 0 unspecified atom stereocenters. The Kier molecular flexibility index (Phi) is 2.97. The fourth-order valence-electron chi connectivity index (χ4n) is 2.08. The van der Waals surface area contributed by atoms with Gasteiger partial charge in [-0.3, -0.25) is 9.59 Å². The molecule has 0 fully saturated rings. The highest BCUT2D eigenvalue weighted by Crippen LogP contribution is 2.31. The van der Waals surface area contributed by atoms with Gasteiger partial charge in [-0.05, 0) is 26.8 Å². The van der Waals surface area contributed by atoms with Crippen LogP contribution in [0.15, 0.2) is 23.1 Å². The number of primary amides is 1. The third kappa shape index (κ3) is 2.09. The van der Waals surface area contributed by atoms with Crippen LogP contribution in [0.4, 0.5) is 0 Å². The SMILES string of the molecule is CC(C)(C)n1cc(C(N)=O)c(=O)c2cc(O)c(O)cc21. The number of benzene rings is 1. The number of phenolic OH excluding ortho intramolecular Hbond substituents is 2. The lowest BCUT2D eigenvalue weighted by atomic mass is 10.0. The summed E-state index contributed by atoms with van der Waals surface area (Å²) in [4.78, 5) is 23.6. The van der Waals surface area contributed by atoms with E-state index in [1.54, 1.807) is 4.57 Å². The minimum absolute atomic E-state index is 0.131. The normalized spacial score (nSPS) is 11.8. The second-order valence-corrected chi connectivity index (χ2v) is 5.64. The summed E-state index contributed by atoms with van der Waals surface area (Å²) in [6, 6.07) is 2.43. The van der Waals surface area contributed by atoms with Crippen molar-refractivity contribution in [3.05, 3.63) is 34.1 Å². The molecule has 2 aromatic rings. The number of amides is 1. The van der Waals surface area contributed by atoms with Crippen molar-refractivity contribution in [2.24, 2.45) is 5.73 Å². The van der Waals surface area contributed by atoms with Crippen molar-refractivity contribution in [2.45, 2.75) is 26.3 Å². The van der Waals surface area contributed by atoms with E-state index >= 15 is 0 Å². The molecule has 6 nitrogen and oxygen atoms in total. The number of nitrogens with two attached hydrogens (primary N) is 1. The molecule has 0 spiro atoms. The summed E-state index contributed by atoms with van der Waals surface area (Å²) in [5.41, 5.74) is 4.47. The number of fused-ring (bicyclic) bond motifs is 1. The van der Waals surface area contributed by atoms with Crippen molar-refractivity contribution >= 4 is 16.8 Å². The minimum Gasteiger partial charge on any atom is -0.504 e. The molecule has 0 aliphatic rings. The first-order chi connectivity index (χ1) is 9.12. The molecule has 0 radical (unpaired) electrons. The van der Waals surface area contributed by atoms with Gasteiger partial charge in [0.25, 0.3) is 5.91 Å². The van der Waals surface area contributed by atoms with Crippen LogP contribution in [-0.2, 0) is 5.54 Å². The molecular formula is C14H16N2O4. The van der Waals surface area contributed by atoms with Crippen molar-refractivity contribution in [2.75, 3.05) is 0 Å². The summed E-state index contributed by atoms with van der Waals surface area (Å²) < 4.78 is 1.67. The second-order valence-electron chi connectivity index (χ2n) is 5.64. The summed E-state index contributed by atoms with van der Waals surface area (Å²) in [7, 11) is 0. The van der Waals surface area contributed by atoms with Gasteiger partial charge in [-0.2, -0.15) is 0 Å². The maximum Gasteiger partial charge on any atom is 0.254 e. The number of nitrogens with zero attached hydrogens (tertiary/aromatic N) is 1. The highest BCUT2D eigenvalue weighted by molar-refractivity contribution is 5.96. The largest absolute Gasteiger partial charge is 0.504 e. The Morgan fingerprint density at radius 2 is 1.75 bits per heavy atom. The second kappa shape index (κ2) is 4.26. The molecule has 1 heterocycles. The molecule has 106 valence electrons. The van der Waals surface area contributed by atoms with E-state index in [2.05, 4.69) is 0 Å². The van der Waals surface area contributed by atoms with Crippen LogP contribution < -0.4 is 11.2 Å². The Hall–Kier alpha value is -2.50. The molecule has 1 aromatic carbocycles. The monoisotopic (exact) mass is 276 g/mol. The van der Waals surface area contributed by atoms with Gasteiger partial charge in [0.05, 0.1) is 10.9 Å². The maximum atomic E-state index is 12.2. The number of aromatic nitrogens is 1. The number of carbonyl (C=O) groups is 1. The molecule has 2 rings (SSSR count). The molecule has 0 bridgehead atoms. The Morgan fingerprint density at radius 3 is 2.25 bits per heavy atom. The lowest BCUT2D eigenvalue weighted by Crippen LogP contribution is -2.29. The van der Waals surface area contributed by atoms with E-state index in [-0.39, 0.29) is 16.7 Å². The topological polar surface area (TPSA) is 106 Å². The summed E-state index contributed by atoms with van der Waals surface area (Å²) in [5, 5.41) is 19.3. The molecule has 4 N–H and O–H groups in total. The average Bonchev–Trinajstić information content (AvgIpc) is 2.30. The number of hydrogen-bond acceptors (Lipinski definition) is 4. The Bertz CT molecular complexity index is 769. The number of phenols is 2. The zero-order valence-corrected chi connectivity index (χ0v) is 11.5. The molecular weight excluding hydrogens is 260 g/mol. The third-order valence-electron chi connectivity index (χ3n) is 3.09. The van der Waals surface area contributed by atoms with Crippen LogP contribution in [0.3, 0.4) is 0 Å². The van der Waals surface area contributed by atoms with E-state index in [0.29, 0.717) is 5.52 Å². The molecule has 0 aliphatic carbocycles. The molecule has 0 aliphatic heterocycles. The van der Waals surface area contributed by atoms with Crippen LogP contribution in [-0.4, -0.2) is 20.7 Å². The standard InChI is InChI=1S/C14H16N2O4/c1-14(2,3)16-6-8(13(15)20)12(19)7-4-10(17)11(18)5-9(7)16/h4-6,17-18H,1-3H3,(H2,15,20). The van der Waals surface area contributed by atoms with Crippen molar-refractivity contribution in [1.82, 2.24) is 4.57 Å². The van der Waals surface area contributed by atoms with Crippen LogP contribution >= 0.6 is 0 Å². The Balaban J connectivity index is 3.05.